The molecule has 3 aromatic carbocycles. The molecular weight excluding hydrogens is 556 g/mol. The van der Waals surface area contributed by atoms with Crippen LogP contribution in [-0.2, 0) is 23.5 Å². The lowest BCUT2D eigenvalue weighted by molar-refractivity contribution is 0.0955. The zero-order chi connectivity index (χ0) is 30.6. The number of anilines is 1. The quantitative estimate of drug-likeness (QED) is 0.266. The van der Waals surface area contributed by atoms with Crippen LogP contribution >= 0.6 is 0 Å². The maximum absolute atomic E-state index is 13.3. The highest BCUT2D eigenvalue weighted by Crippen LogP contribution is 2.28. The van der Waals surface area contributed by atoms with E-state index in [4.69, 9.17) is 9.47 Å². The van der Waals surface area contributed by atoms with Gasteiger partial charge in [0.2, 0.25) is 0 Å². The molecule has 10 nitrogen and oxygen atoms in total. The Bertz CT molecular complexity index is 1760. The second-order valence-corrected chi connectivity index (χ2v) is 11.8. The van der Waals surface area contributed by atoms with Gasteiger partial charge in [-0.1, -0.05) is 32.0 Å². The third kappa shape index (κ3) is 6.20. The fourth-order valence-corrected chi connectivity index (χ4v) is 5.96. The predicted octanol–water partition coefficient (Wildman–Crippen LogP) is 4.40. The normalized spacial score (nSPS) is 11.4. The first kappa shape index (κ1) is 30.4. The number of amides is 1. The molecule has 0 radical (unpaired) electrons. The van der Waals surface area contributed by atoms with Crippen LogP contribution in [0.2, 0.25) is 0 Å². The SMILES string of the molecule is COc1ccc(CCNC(=O)c2ccccc2NS(=O)(=O)c2ccc(-n3c(=O)c(C(C)C)c(C)n3C)cc2)cc1OC. The van der Waals surface area contributed by atoms with Crippen LogP contribution in [0, 0.1) is 6.92 Å². The van der Waals surface area contributed by atoms with Crippen LogP contribution < -0.4 is 25.1 Å². The van der Waals surface area contributed by atoms with E-state index in [-0.39, 0.29) is 27.6 Å². The molecular formula is C31H36N4O6S. The summed E-state index contributed by atoms with van der Waals surface area (Å²) < 4.78 is 43.0. The molecule has 0 fully saturated rings. The van der Waals surface area contributed by atoms with Gasteiger partial charge in [-0.2, -0.15) is 0 Å². The molecule has 0 spiro atoms. The van der Waals surface area contributed by atoms with Crippen molar-refractivity contribution in [3.8, 4) is 17.2 Å². The van der Waals surface area contributed by atoms with Crippen molar-refractivity contribution >= 4 is 21.6 Å². The number of rotatable bonds is 11. The number of methoxy groups -OCH3 is 2. The number of sulfonamides is 1. The van der Waals surface area contributed by atoms with E-state index in [0.717, 1.165) is 16.8 Å². The molecule has 1 amide bonds. The van der Waals surface area contributed by atoms with Crippen LogP contribution in [0.4, 0.5) is 5.69 Å². The molecule has 11 heteroatoms. The third-order valence-electron chi connectivity index (χ3n) is 7.13. The Morgan fingerprint density at radius 2 is 1.62 bits per heavy atom. The van der Waals surface area contributed by atoms with Gasteiger partial charge in [0, 0.05) is 24.8 Å². The van der Waals surface area contributed by atoms with Gasteiger partial charge >= 0.3 is 0 Å². The zero-order valence-corrected chi connectivity index (χ0v) is 25.4. The van der Waals surface area contributed by atoms with Crippen molar-refractivity contribution in [1.82, 2.24) is 14.7 Å². The van der Waals surface area contributed by atoms with Crippen LogP contribution in [0.1, 0.15) is 46.9 Å². The van der Waals surface area contributed by atoms with E-state index < -0.39 is 15.9 Å². The van der Waals surface area contributed by atoms with Crippen molar-refractivity contribution in [2.45, 2.75) is 38.0 Å². The van der Waals surface area contributed by atoms with Crippen molar-refractivity contribution < 1.29 is 22.7 Å². The fourth-order valence-electron chi connectivity index (χ4n) is 4.88. The Balaban J connectivity index is 1.49. The number of carbonyl (C=O) groups excluding carboxylic acids is 1. The number of nitrogens with zero attached hydrogens (tertiary/aromatic N) is 2. The molecule has 2 N–H and O–H groups in total. The molecule has 0 aliphatic carbocycles. The summed E-state index contributed by atoms with van der Waals surface area (Å²) >= 11 is 0. The molecule has 1 heterocycles. The van der Waals surface area contributed by atoms with Gasteiger partial charge in [-0.15, -0.1) is 0 Å². The number of aromatic nitrogens is 2. The average Bonchev–Trinajstić information content (AvgIpc) is 3.20. The molecule has 0 bridgehead atoms. The first-order valence-electron chi connectivity index (χ1n) is 13.5. The Morgan fingerprint density at radius 1 is 0.952 bits per heavy atom. The van der Waals surface area contributed by atoms with E-state index in [1.807, 2.05) is 32.9 Å². The third-order valence-corrected chi connectivity index (χ3v) is 8.51. The van der Waals surface area contributed by atoms with E-state index in [1.54, 1.807) is 62.3 Å². The molecule has 0 saturated carbocycles. The average molecular weight is 593 g/mol. The number of hydrogen-bond acceptors (Lipinski definition) is 6. The second kappa shape index (κ2) is 12.6. The minimum Gasteiger partial charge on any atom is -0.493 e. The molecule has 0 saturated heterocycles. The lowest BCUT2D eigenvalue weighted by Gasteiger charge is -2.14. The standard InChI is InChI=1S/C31H36N4O6S/c1-20(2)29-21(3)34(4)35(31(29)37)23-12-14-24(15-13-23)42(38,39)33-26-10-8-7-9-25(26)30(36)32-18-17-22-11-16-27(40-5)28(19-22)41-6/h7-16,19-20,33H,17-18H2,1-6H3,(H,32,36). The second-order valence-electron chi connectivity index (χ2n) is 10.1. The molecule has 4 rings (SSSR count). The number of benzene rings is 3. The van der Waals surface area contributed by atoms with E-state index in [9.17, 15) is 18.0 Å². The van der Waals surface area contributed by atoms with Gasteiger partial charge in [-0.3, -0.25) is 19.0 Å². The molecule has 222 valence electrons. The number of nitrogens with one attached hydrogen (secondary N) is 2. The van der Waals surface area contributed by atoms with E-state index in [0.29, 0.717) is 30.2 Å². The fraction of sp³-hybridized carbons (Fsp3) is 0.290. The minimum atomic E-state index is -4.03. The maximum Gasteiger partial charge on any atom is 0.275 e. The Hall–Kier alpha value is -4.51. The molecule has 4 aromatic rings. The topological polar surface area (TPSA) is 121 Å². The molecule has 1 aromatic heterocycles. The van der Waals surface area contributed by atoms with Gasteiger partial charge in [0.1, 0.15) is 0 Å². The van der Waals surface area contributed by atoms with Crippen molar-refractivity contribution in [2.24, 2.45) is 7.05 Å². The first-order valence-corrected chi connectivity index (χ1v) is 15.0. The molecule has 0 unspecified atom stereocenters. The molecule has 42 heavy (non-hydrogen) atoms. The summed E-state index contributed by atoms with van der Waals surface area (Å²) in [5.74, 6) is 0.853. The lowest BCUT2D eigenvalue weighted by Crippen LogP contribution is -2.27. The summed E-state index contributed by atoms with van der Waals surface area (Å²) in [6.45, 7) is 6.14. The summed E-state index contributed by atoms with van der Waals surface area (Å²) in [5.41, 5.74) is 3.27. The van der Waals surface area contributed by atoms with Crippen LogP contribution in [0.5, 0.6) is 11.5 Å². The van der Waals surface area contributed by atoms with Gasteiger partial charge in [-0.05, 0) is 73.4 Å². The Kier molecular flexibility index (Phi) is 9.11. The van der Waals surface area contributed by atoms with Crippen LogP contribution in [0.3, 0.4) is 0 Å². The van der Waals surface area contributed by atoms with E-state index in [2.05, 4.69) is 10.0 Å². The summed E-state index contributed by atoms with van der Waals surface area (Å²) in [6, 6.07) is 18.0. The highest BCUT2D eigenvalue weighted by Gasteiger charge is 2.21. The monoisotopic (exact) mass is 592 g/mol. The Morgan fingerprint density at radius 3 is 2.24 bits per heavy atom. The first-order chi connectivity index (χ1) is 20.0. The van der Waals surface area contributed by atoms with Gasteiger partial charge in [0.25, 0.3) is 21.5 Å². The number of para-hydroxylation sites is 1. The highest BCUT2D eigenvalue weighted by molar-refractivity contribution is 7.92. The number of carbonyl (C=O) groups is 1. The van der Waals surface area contributed by atoms with Gasteiger partial charge in [-0.25, -0.2) is 13.1 Å². The van der Waals surface area contributed by atoms with Crippen LogP contribution in [0.25, 0.3) is 5.69 Å². The summed E-state index contributed by atoms with van der Waals surface area (Å²) in [4.78, 5) is 26.1. The summed E-state index contributed by atoms with van der Waals surface area (Å²) in [5, 5.41) is 2.85. The van der Waals surface area contributed by atoms with Crippen molar-refractivity contribution in [1.29, 1.82) is 0 Å². The molecule has 0 atom stereocenters. The van der Waals surface area contributed by atoms with Crippen molar-refractivity contribution in [2.75, 3.05) is 25.5 Å². The van der Waals surface area contributed by atoms with Gasteiger partial charge in [0.15, 0.2) is 11.5 Å². The maximum atomic E-state index is 13.3. The lowest BCUT2D eigenvalue weighted by atomic mass is 10.0. The van der Waals surface area contributed by atoms with Gasteiger partial charge in [0.05, 0.1) is 36.1 Å². The van der Waals surface area contributed by atoms with Crippen LogP contribution in [0.15, 0.2) is 76.4 Å². The molecule has 0 aliphatic rings. The molecule has 0 aliphatic heterocycles. The van der Waals surface area contributed by atoms with Gasteiger partial charge < -0.3 is 14.8 Å². The highest BCUT2D eigenvalue weighted by atomic mass is 32.2. The number of hydrogen-bond donors (Lipinski definition) is 2. The van der Waals surface area contributed by atoms with Crippen molar-refractivity contribution in [3.63, 3.8) is 0 Å². The Labute approximate surface area is 245 Å². The summed E-state index contributed by atoms with van der Waals surface area (Å²) in [6.07, 6.45) is 0.536. The number of ether oxygens (including phenoxy) is 2. The van der Waals surface area contributed by atoms with E-state index in [1.165, 1.54) is 22.9 Å². The predicted molar refractivity (Wildman–Crippen MR) is 163 cm³/mol. The summed E-state index contributed by atoms with van der Waals surface area (Å²) in [7, 11) is 0.887. The zero-order valence-electron chi connectivity index (χ0n) is 24.6. The van der Waals surface area contributed by atoms with Crippen molar-refractivity contribution in [3.05, 3.63) is 99.5 Å². The van der Waals surface area contributed by atoms with E-state index >= 15 is 0 Å². The van der Waals surface area contributed by atoms with Crippen LogP contribution in [-0.4, -0.2) is 44.5 Å². The largest absolute Gasteiger partial charge is 0.493 e. The smallest absolute Gasteiger partial charge is 0.275 e. The minimum absolute atomic E-state index is 0.00187.